The maximum absolute atomic E-state index is 13.2. The molecule has 0 saturated heterocycles. The minimum atomic E-state index is -1.23. The molecule has 0 bridgehead atoms. The van der Waals surface area contributed by atoms with Crippen molar-refractivity contribution in [1.82, 2.24) is 10.6 Å². The maximum atomic E-state index is 13.2. The molecule has 0 aliphatic rings. The van der Waals surface area contributed by atoms with Crippen LogP contribution in [0.15, 0.2) is 72.8 Å². The minimum absolute atomic E-state index is 0.0154. The van der Waals surface area contributed by atoms with Crippen LogP contribution < -0.4 is 30.6 Å². The Balaban J connectivity index is 1.63. The zero-order chi connectivity index (χ0) is 35.4. The van der Waals surface area contributed by atoms with E-state index in [1.165, 1.54) is 0 Å². The van der Waals surface area contributed by atoms with Gasteiger partial charge in [0.2, 0.25) is 0 Å². The summed E-state index contributed by atoms with van der Waals surface area (Å²) in [4.78, 5) is 52.0. The van der Waals surface area contributed by atoms with Gasteiger partial charge in [0.05, 0.1) is 21.3 Å². The molecule has 49 heavy (non-hydrogen) atoms. The van der Waals surface area contributed by atoms with Crippen LogP contribution in [-0.2, 0) is 48.4 Å². The van der Waals surface area contributed by atoms with Gasteiger partial charge in [-0.2, -0.15) is 0 Å². The molecule has 0 saturated carbocycles. The average molecular weight is 680 g/mol. The lowest BCUT2D eigenvalue weighted by Gasteiger charge is -2.21. The molecular weight excluding hydrogens is 634 g/mol. The summed E-state index contributed by atoms with van der Waals surface area (Å²) < 4.78 is 31.8. The van der Waals surface area contributed by atoms with Crippen molar-refractivity contribution in [3.63, 3.8) is 0 Å². The summed E-state index contributed by atoms with van der Waals surface area (Å²) in [6.07, 6.45) is 1.13. The molecule has 2 atom stereocenters. The number of esters is 3. The first-order valence-electron chi connectivity index (χ1n) is 15.9. The summed E-state index contributed by atoms with van der Waals surface area (Å²) in [6.45, 7) is 0.339. The first-order chi connectivity index (χ1) is 23.7. The summed E-state index contributed by atoms with van der Waals surface area (Å²) in [5.74, 6) is -0.0200. The fourth-order valence-electron chi connectivity index (χ4n) is 4.52. The summed E-state index contributed by atoms with van der Waals surface area (Å²) in [5.41, 5.74) is 7.81. The lowest BCUT2D eigenvalue weighted by molar-refractivity contribution is -0.149. The van der Waals surface area contributed by atoms with Crippen LogP contribution in [0.5, 0.6) is 17.2 Å². The molecule has 3 rings (SSSR count). The number of ether oxygens (including phenoxy) is 6. The van der Waals surface area contributed by atoms with Crippen LogP contribution in [0.2, 0.25) is 0 Å². The summed E-state index contributed by atoms with van der Waals surface area (Å²) in [7, 11) is 4.65. The zero-order valence-corrected chi connectivity index (χ0v) is 28.1. The van der Waals surface area contributed by atoms with E-state index in [-0.39, 0.29) is 39.1 Å². The molecule has 2 amide bonds. The van der Waals surface area contributed by atoms with Crippen LogP contribution in [0, 0.1) is 0 Å². The SMILES string of the molecule is COc1ccc(COC(=O)CCC(NC(=O)N[C@@H](CCCCN)C(=O)OCc2ccc(OC)cc2)C(=O)OCc2ccc(OC)cc2)cc1. The number of hydrogen-bond donors (Lipinski definition) is 3. The molecule has 0 fully saturated rings. The Kier molecular flexibility index (Phi) is 16.2. The third-order valence-electron chi connectivity index (χ3n) is 7.40. The largest absolute Gasteiger partial charge is 0.497 e. The van der Waals surface area contributed by atoms with Crippen LogP contribution in [0.4, 0.5) is 4.79 Å². The van der Waals surface area contributed by atoms with Gasteiger partial charge in [0.25, 0.3) is 0 Å². The number of amides is 2. The van der Waals surface area contributed by atoms with Gasteiger partial charge in [0, 0.05) is 6.42 Å². The van der Waals surface area contributed by atoms with E-state index in [4.69, 9.17) is 34.2 Å². The number of hydrogen-bond acceptors (Lipinski definition) is 11. The Labute approximate surface area is 286 Å². The second kappa shape index (κ2) is 20.8. The molecule has 0 aromatic heterocycles. The predicted molar refractivity (Wildman–Crippen MR) is 180 cm³/mol. The van der Waals surface area contributed by atoms with Crippen molar-refractivity contribution in [2.24, 2.45) is 5.73 Å². The number of carbonyl (C=O) groups is 4. The van der Waals surface area contributed by atoms with Gasteiger partial charge in [-0.3, -0.25) is 4.79 Å². The lowest BCUT2D eigenvalue weighted by Crippen LogP contribution is -2.51. The van der Waals surface area contributed by atoms with E-state index in [1.807, 2.05) is 0 Å². The Morgan fingerprint density at radius 2 is 0.959 bits per heavy atom. The van der Waals surface area contributed by atoms with Gasteiger partial charge in [-0.25, -0.2) is 14.4 Å². The van der Waals surface area contributed by atoms with Gasteiger partial charge in [-0.05, 0) is 85.3 Å². The van der Waals surface area contributed by atoms with Gasteiger partial charge in [0.15, 0.2) is 0 Å². The predicted octanol–water partition coefficient (Wildman–Crippen LogP) is 4.19. The smallest absolute Gasteiger partial charge is 0.329 e. The molecule has 0 aliphatic heterocycles. The minimum Gasteiger partial charge on any atom is -0.497 e. The van der Waals surface area contributed by atoms with Crippen molar-refractivity contribution >= 4 is 23.9 Å². The van der Waals surface area contributed by atoms with Crippen LogP contribution in [-0.4, -0.2) is 63.9 Å². The number of rotatable bonds is 20. The molecule has 3 aromatic rings. The monoisotopic (exact) mass is 679 g/mol. The summed E-state index contributed by atoms with van der Waals surface area (Å²) >= 11 is 0. The zero-order valence-electron chi connectivity index (χ0n) is 28.1. The normalized spacial score (nSPS) is 11.8. The molecule has 0 aliphatic carbocycles. The Hall–Kier alpha value is -5.30. The highest BCUT2D eigenvalue weighted by atomic mass is 16.5. The van der Waals surface area contributed by atoms with E-state index >= 15 is 0 Å². The van der Waals surface area contributed by atoms with Crippen molar-refractivity contribution in [3.8, 4) is 17.2 Å². The Morgan fingerprint density at radius 3 is 1.35 bits per heavy atom. The molecule has 264 valence electrons. The van der Waals surface area contributed by atoms with Crippen molar-refractivity contribution in [2.75, 3.05) is 27.9 Å². The molecule has 13 heteroatoms. The molecule has 1 unspecified atom stereocenters. The molecule has 0 heterocycles. The number of methoxy groups -OCH3 is 3. The fraction of sp³-hybridized carbons (Fsp3) is 0.389. The molecular formula is C36H45N3O10. The third-order valence-corrected chi connectivity index (χ3v) is 7.40. The lowest BCUT2D eigenvalue weighted by atomic mass is 10.1. The van der Waals surface area contributed by atoms with Crippen molar-refractivity contribution in [2.45, 2.75) is 64.0 Å². The number of nitrogens with one attached hydrogen (secondary N) is 2. The molecule has 13 nitrogen and oxygen atoms in total. The maximum Gasteiger partial charge on any atom is 0.329 e. The number of unbranched alkanes of at least 4 members (excludes halogenated alkanes) is 1. The van der Waals surface area contributed by atoms with E-state index in [0.29, 0.717) is 42.2 Å². The van der Waals surface area contributed by atoms with Crippen LogP contribution in [0.1, 0.15) is 48.8 Å². The third kappa shape index (κ3) is 13.8. The Morgan fingerprint density at radius 1 is 0.571 bits per heavy atom. The highest BCUT2D eigenvalue weighted by molar-refractivity contribution is 5.87. The number of carbonyl (C=O) groups excluding carboxylic acids is 4. The molecule has 0 radical (unpaired) electrons. The van der Waals surface area contributed by atoms with Gasteiger partial charge in [-0.1, -0.05) is 36.4 Å². The van der Waals surface area contributed by atoms with Crippen molar-refractivity contribution in [3.05, 3.63) is 89.5 Å². The van der Waals surface area contributed by atoms with Crippen LogP contribution >= 0.6 is 0 Å². The second-order valence-electron chi connectivity index (χ2n) is 11.0. The highest BCUT2D eigenvalue weighted by Crippen LogP contribution is 2.16. The van der Waals surface area contributed by atoms with Crippen molar-refractivity contribution < 1.29 is 47.6 Å². The Bertz CT molecular complexity index is 1460. The molecule has 0 spiro atoms. The standard InChI is InChI=1S/C36H45N3O10/c1-44-28-13-7-25(8-14-28)22-47-33(40)20-19-32(35(42)49-24-27-11-17-30(46-3)18-12-27)39-36(43)38-31(6-4-5-21-37)34(41)48-23-26-9-15-29(45-2)16-10-26/h7-18,31-32H,4-6,19-24,37H2,1-3H3,(H2,38,39,43)/t31-,32?/m0/s1. The second-order valence-corrected chi connectivity index (χ2v) is 11.0. The number of nitrogens with two attached hydrogens (primary N) is 1. The molecule has 3 aromatic carbocycles. The number of benzene rings is 3. The topological polar surface area (TPSA) is 174 Å². The quantitative estimate of drug-likeness (QED) is 0.0888. The van der Waals surface area contributed by atoms with Crippen molar-refractivity contribution in [1.29, 1.82) is 0 Å². The first-order valence-corrected chi connectivity index (χ1v) is 15.9. The number of urea groups is 1. The van der Waals surface area contributed by atoms with Crippen LogP contribution in [0.25, 0.3) is 0 Å². The molecule has 4 N–H and O–H groups in total. The highest BCUT2D eigenvalue weighted by Gasteiger charge is 2.27. The van der Waals surface area contributed by atoms with Gasteiger partial charge >= 0.3 is 23.9 Å². The van der Waals surface area contributed by atoms with Gasteiger partial charge in [0.1, 0.15) is 49.2 Å². The summed E-state index contributed by atoms with van der Waals surface area (Å²) in [6, 6.07) is 17.9. The van der Waals surface area contributed by atoms with Gasteiger partial charge in [-0.15, -0.1) is 0 Å². The van der Waals surface area contributed by atoms with E-state index in [1.54, 1.807) is 94.1 Å². The van der Waals surface area contributed by atoms with E-state index in [0.717, 1.165) is 11.1 Å². The van der Waals surface area contributed by atoms with E-state index < -0.39 is 36.0 Å². The summed E-state index contributed by atoms with van der Waals surface area (Å²) in [5, 5.41) is 5.17. The first kappa shape index (κ1) is 38.2. The fourth-order valence-corrected chi connectivity index (χ4v) is 4.52. The van der Waals surface area contributed by atoms with E-state index in [9.17, 15) is 19.2 Å². The van der Waals surface area contributed by atoms with Gasteiger partial charge < -0.3 is 44.8 Å². The van der Waals surface area contributed by atoms with E-state index in [2.05, 4.69) is 10.6 Å². The van der Waals surface area contributed by atoms with Crippen LogP contribution in [0.3, 0.4) is 0 Å². The average Bonchev–Trinajstić information content (AvgIpc) is 3.13.